The Bertz CT molecular complexity index is 975. The van der Waals surface area contributed by atoms with Gasteiger partial charge < -0.3 is 5.21 Å². The molecule has 1 aliphatic rings. The minimum Gasteiger partial charge on any atom is -0.411 e. The molecule has 2 aromatic rings. The zero-order valence-corrected chi connectivity index (χ0v) is 17.2. The minimum absolute atomic E-state index is 0.225. The topological polar surface area (TPSA) is 135 Å². The van der Waals surface area contributed by atoms with Crippen LogP contribution in [-0.2, 0) is 23.1 Å². The first-order valence-electron chi connectivity index (χ1n) is 8.52. The van der Waals surface area contributed by atoms with Gasteiger partial charge in [-0.25, -0.2) is 14.2 Å². The molecule has 12 heteroatoms. The van der Waals surface area contributed by atoms with Crippen molar-refractivity contribution in [2.24, 2.45) is 16.2 Å². The van der Waals surface area contributed by atoms with E-state index in [1.807, 2.05) is 0 Å². The van der Waals surface area contributed by atoms with Crippen LogP contribution in [0.25, 0.3) is 0 Å². The lowest BCUT2D eigenvalue weighted by molar-refractivity contribution is 0.187. The Balaban J connectivity index is 1.57. The van der Waals surface area contributed by atoms with E-state index in [9.17, 15) is 18.0 Å². The quantitative estimate of drug-likeness (QED) is 0.339. The number of nitrogens with two attached hydrogens (primary N) is 1. The first kappa shape index (κ1) is 20.8. The first-order chi connectivity index (χ1) is 13.3. The summed E-state index contributed by atoms with van der Waals surface area (Å²) >= 11 is 3.12. The summed E-state index contributed by atoms with van der Waals surface area (Å²) in [4.78, 5) is 0. The number of halogens is 2. The predicted molar refractivity (Wildman–Crippen MR) is 102 cm³/mol. The molecule has 0 unspecified atom stereocenters. The van der Waals surface area contributed by atoms with Crippen molar-refractivity contribution < 1.29 is 22.6 Å². The molecule has 0 radical (unpaired) electrons. The van der Waals surface area contributed by atoms with Crippen LogP contribution in [0.3, 0.4) is 0 Å². The molecule has 28 heavy (non-hydrogen) atoms. The number of hydrogen-bond acceptors (Lipinski definition) is 7. The monoisotopic (exact) mass is 475 g/mol. The molecule has 1 aromatic carbocycles. The maximum atomic E-state index is 13.4. The van der Waals surface area contributed by atoms with E-state index in [4.69, 9.17) is 9.77 Å². The molecule has 2 heterocycles. The van der Waals surface area contributed by atoms with Gasteiger partial charge in [-0.15, -0.1) is 0 Å². The SMILES string of the molecule is NS(=O)(=O)N1CC(CCCc2nonc2/C(Cc2ccc(F)c(Br)c2)=N/O)C1. The van der Waals surface area contributed by atoms with Crippen molar-refractivity contribution in [2.75, 3.05) is 13.1 Å². The summed E-state index contributed by atoms with van der Waals surface area (Å²) in [5.41, 5.74) is 1.89. The van der Waals surface area contributed by atoms with Crippen LogP contribution < -0.4 is 5.14 Å². The van der Waals surface area contributed by atoms with Gasteiger partial charge in [0.1, 0.15) is 17.2 Å². The first-order valence-corrected chi connectivity index (χ1v) is 10.8. The van der Waals surface area contributed by atoms with Crippen LogP contribution >= 0.6 is 15.9 Å². The smallest absolute Gasteiger partial charge is 0.276 e. The maximum Gasteiger partial charge on any atom is 0.276 e. The van der Waals surface area contributed by atoms with E-state index in [1.165, 1.54) is 10.4 Å². The van der Waals surface area contributed by atoms with Crippen LogP contribution in [0.2, 0.25) is 0 Å². The number of aromatic nitrogens is 2. The molecule has 3 rings (SSSR count). The normalized spacial score (nSPS) is 16.3. The molecule has 3 N–H and O–H groups in total. The highest BCUT2D eigenvalue weighted by molar-refractivity contribution is 9.10. The Morgan fingerprint density at radius 1 is 1.43 bits per heavy atom. The molecule has 9 nitrogen and oxygen atoms in total. The maximum absolute atomic E-state index is 13.4. The van der Waals surface area contributed by atoms with Crippen LogP contribution in [0, 0.1) is 11.7 Å². The van der Waals surface area contributed by atoms with Gasteiger partial charge in [0.25, 0.3) is 10.2 Å². The van der Waals surface area contributed by atoms with Crippen molar-refractivity contribution >= 4 is 31.9 Å². The Hall–Kier alpha value is -1.89. The van der Waals surface area contributed by atoms with Gasteiger partial charge in [-0.1, -0.05) is 16.4 Å². The fraction of sp³-hybridized carbons (Fsp3) is 0.438. The van der Waals surface area contributed by atoms with Crippen molar-refractivity contribution in [1.29, 1.82) is 0 Å². The van der Waals surface area contributed by atoms with Gasteiger partial charge >= 0.3 is 0 Å². The Labute approximate surface area is 169 Å². The lowest BCUT2D eigenvalue weighted by Gasteiger charge is -2.36. The van der Waals surface area contributed by atoms with E-state index in [0.29, 0.717) is 35.4 Å². The summed E-state index contributed by atoms with van der Waals surface area (Å²) in [5, 5.41) is 25.5. The van der Waals surface area contributed by atoms with Gasteiger partial charge in [0.05, 0.1) is 4.47 Å². The van der Waals surface area contributed by atoms with Crippen molar-refractivity contribution in [3.05, 3.63) is 45.4 Å². The van der Waals surface area contributed by atoms with E-state index >= 15 is 0 Å². The summed E-state index contributed by atoms with van der Waals surface area (Å²) in [6.45, 7) is 0.844. The third-order valence-electron chi connectivity index (χ3n) is 4.62. The van der Waals surface area contributed by atoms with Gasteiger partial charge in [0, 0.05) is 19.5 Å². The third-order valence-corrected chi connectivity index (χ3v) is 6.24. The second-order valence-corrected chi connectivity index (χ2v) is 9.05. The van der Waals surface area contributed by atoms with Gasteiger partial charge in [-0.05, 0) is 64.0 Å². The average molecular weight is 476 g/mol. The molecule has 0 saturated carbocycles. The Morgan fingerprint density at radius 2 is 2.18 bits per heavy atom. The van der Waals surface area contributed by atoms with Crippen molar-refractivity contribution in [3.8, 4) is 0 Å². The molecule has 0 aliphatic carbocycles. The Kier molecular flexibility index (Phi) is 6.43. The number of aryl methyl sites for hydroxylation is 1. The Morgan fingerprint density at radius 3 is 2.82 bits per heavy atom. The molecule has 1 aliphatic heterocycles. The van der Waals surface area contributed by atoms with E-state index in [-0.39, 0.29) is 23.9 Å². The molecule has 152 valence electrons. The molecule has 0 spiro atoms. The number of benzene rings is 1. The molecule has 0 bridgehead atoms. The highest BCUT2D eigenvalue weighted by Gasteiger charge is 2.33. The van der Waals surface area contributed by atoms with Crippen LogP contribution in [0.1, 0.15) is 29.8 Å². The fourth-order valence-electron chi connectivity index (χ4n) is 3.07. The van der Waals surface area contributed by atoms with Crippen LogP contribution in [0.15, 0.2) is 32.5 Å². The molecular formula is C16H19BrFN5O4S. The largest absolute Gasteiger partial charge is 0.411 e. The summed E-state index contributed by atoms with van der Waals surface area (Å²) < 4.78 is 42.1. The van der Waals surface area contributed by atoms with Crippen LogP contribution in [0.5, 0.6) is 0 Å². The van der Waals surface area contributed by atoms with Gasteiger partial charge in [0.2, 0.25) is 0 Å². The molecule has 0 atom stereocenters. The van der Waals surface area contributed by atoms with E-state index < -0.39 is 10.2 Å². The third kappa shape index (κ3) is 4.93. The lowest BCUT2D eigenvalue weighted by Crippen LogP contribution is -2.52. The summed E-state index contributed by atoms with van der Waals surface area (Å²) in [5.74, 6) is -0.129. The highest BCUT2D eigenvalue weighted by atomic mass is 79.9. The second kappa shape index (κ2) is 8.64. The summed E-state index contributed by atoms with van der Waals surface area (Å²) in [7, 11) is -3.60. The van der Waals surface area contributed by atoms with Gasteiger partial charge in [-0.3, -0.25) is 0 Å². The van der Waals surface area contributed by atoms with Crippen LogP contribution in [0.4, 0.5) is 4.39 Å². The van der Waals surface area contributed by atoms with Crippen LogP contribution in [-0.4, -0.2) is 47.0 Å². The fourth-order valence-corrected chi connectivity index (χ4v) is 4.33. The molecule has 0 amide bonds. The van der Waals surface area contributed by atoms with Crippen molar-refractivity contribution in [2.45, 2.75) is 25.7 Å². The molecule has 1 fully saturated rings. The van der Waals surface area contributed by atoms with Gasteiger partial charge in [0.15, 0.2) is 5.69 Å². The number of nitrogens with zero attached hydrogens (tertiary/aromatic N) is 4. The molecular weight excluding hydrogens is 457 g/mol. The predicted octanol–water partition coefficient (Wildman–Crippen LogP) is 1.85. The number of oxime groups is 1. The number of rotatable bonds is 8. The standard InChI is InChI=1S/C16H19BrFN5O4S/c17-12-6-10(4-5-13(12)18)7-15(20-24)16-14(21-27-22-16)3-1-2-11-8-23(9-11)28(19,25)26/h4-6,11,24H,1-3,7-9H2,(H2,19,25,26)/b20-15+. The van der Waals surface area contributed by atoms with Crippen molar-refractivity contribution in [1.82, 2.24) is 14.6 Å². The zero-order valence-electron chi connectivity index (χ0n) is 14.8. The van der Waals surface area contributed by atoms with Crippen molar-refractivity contribution in [3.63, 3.8) is 0 Å². The molecule has 1 aromatic heterocycles. The number of hydrogen-bond donors (Lipinski definition) is 2. The lowest BCUT2D eigenvalue weighted by atomic mass is 9.95. The van der Waals surface area contributed by atoms with E-state index in [2.05, 4.69) is 31.4 Å². The second-order valence-electron chi connectivity index (χ2n) is 6.65. The van der Waals surface area contributed by atoms with Gasteiger partial charge in [-0.2, -0.15) is 12.7 Å². The van der Waals surface area contributed by atoms with E-state index in [1.54, 1.807) is 12.1 Å². The van der Waals surface area contributed by atoms with E-state index in [0.717, 1.165) is 18.4 Å². The minimum atomic E-state index is -3.60. The average Bonchev–Trinajstić information content (AvgIpc) is 3.05. The highest BCUT2D eigenvalue weighted by Crippen LogP contribution is 2.24. The molecule has 1 saturated heterocycles. The summed E-state index contributed by atoms with van der Waals surface area (Å²) in [6, 6.07) is 4.51. The zero-order chi connectivity index (χ0) is 20.3. The summed E-state index contributed by atoms with van der Waals surface area (Å²) in [6.07, 6.45) is 2.30.